The molecule has 6 heteroatoms. The fourth-order valence-corrected chi connectivity index (χ4v) is 3.19. The Morgan fingerprint density at radius 3 is 2.67 bits per heavy atom. The van der Waals surface area contributed by atoms with Crippen molar-refractivity contribution in [3.8, 4) is 11.3 Å². The van der Waals surface area contributed by atoms with Crippen LogP contribution in [0.15, 0.2) is 40.8 Å². The van der Waals surface area contributed by atoms with Crippen LogP contribution in [0.25, 0.3) is 11.3 Å². The van der Waals surface area contributed by atoms with E-state index >= 15 is 0 Å². The molecule has 1 saturated heterocycles. The fraction of sp³-hybridized carbons (Fsp3) is 0.389. The van der Waals surface area contributed by atoms with Gasteiger partial charge in [-0.2, -0.15) is 0 Å². The number of piperidine rings is 1. The van der Waals surface area contributed by atoms with E-state index in [1.807, 2.05) is 23.1 Å². The topological polar surface area (TPSA) is 59.5 Å². The zero-order chi connectivity index (χ0) is 16.6. The Morgan fingerprint density at radius 2 is 2.00 bits per heavy atom. The van der Waals surface area contributed by atoms with Gasteiger partial charge in [0, 0.05) is 24.7 Å². The molecule has 0 spiro atoms. The summed E-state index contributed by atoms with van der Waals surface area (Å²) in [6.45, 7) is 5.48. The van der Waals surface area contributed by atoms with Gasteiger partial charge in [0.2, 0.25) is 0 Å². The minimum Gasteiger partial charge on any atom is -0.451 e. The molecule has 0 aliphatic carbocycles. The maximum absolute atomic E-state index is 12.7. The van der Waals surface area contributed by atoms with E-state index in [-0.39, 0.29) is 29.8 Å². The number of carbonyl (C=O) groups excluding carboxylic acids is 1. The summed E-state index contributed by atoms with van der Waals surface area (Å²) in [5, 5.41) is 0.603. The number of halogens is 2. The Bertz CT molecular complexity index is 727. The van der Waals surface area contributed by atoms with E-state index in [4.69, 9.17) is 21.8 Å². The molecule has 1 aliphatic heterocycles. The van der Waals surface area contributed by atoms with E-state index in [9.17, 15) is 4.79 Å². The van der Waals surface area contributed by atoms with Gasteiger partial charge in [0.1, 0.15) is 5.76 Å². The second-order valence-electron chi connectivity index (χ2n) is 6.75. The normalized spacial score (nSPS) is 19.7. The van der Waals surface area contributed by atoms with Crippen molar-refractivity contribution >= 4 is 29.9 Å². The summed E-state index contributed by atoms with van der Waals surface area (Å²) in [4.78, 5) is 14.5. The first-order valence-electron chi connectivity index (χ1n) is 7.78. The second kappa shape index (κ2) is 7.18. The van der Waals surface area contributed by atoms with Crippen LogP contribution < -0.4 is 5.73 Å². The third kappa shape index (κ3) is 3.61. The molecule has 130 valence electrons. The van der Waals surface area contributed by atoms with Crippen LogP contribution in [-0.2, 0) is 0 Å². The van der Waals surface area contributed by atoms with Crippen molar-refractivity contribution in [2.24, 2.45) is 11.1 Å². The van der Waals surface area contributed by atoms with Crippen molar-refractivity contribution < 1.29 is 9.21 Å². The molecular formula is C18H22Cl2N2O2. The van der Waals surface area contributed by atoms with Crippen molar-refractivity contribution in [2.45, 2.75) is 26.3 Å². The first kappa shape index (κ1) is 18.8. The van der Waals surface area contributed by atoms with Crippen LogP contribution in [0, 0.1) is 5.41 Å². The van der Waals surface area contributed by atoms with Gasteiger partial charge in [-0.1, -0.05) is 37.6 Å². The first-order chi connectivity index (χ1) is 10.9. The van der Waals surface area contributed by atoms with Crippen LogP contribution in [0.3, 0.4) is 0 Å². The summed E-state index contributed by atoms with van der Waals surface area (Å²) in [6.07, 6.45) is 0.802. The first-order valence-corrected chi connectivity index (χ1v) is 8.16. The quantitative estimate of drug-likeness (QED) is 0.862. The third-order valence-corrected chi connectivity index (χ3v) is 4.89. The van der Waals surface area contributed by atoms with Crippen molar-refractivity contribution in [3.63, 3.8) is 0 Å². The molecule has 1 amide bonds. The maximum atomic E-state index is 12.7. The molecular weight excluding hydrogens is 347 g/mol. The highest BCUT2D eigenvalue weighted by atomic mass is 35.5. The zero-order valence-corrected chi connectivity index (χ0v) is 15.4. The summed E-state index contributed by atoms with van der Waals surface area (Å²) in [5.74, 6) is 0.849. The highest BCUT2D eigenvalue weighted by Gasteiger charge is 2.36. The van der Waals surface area contributed by atoms with Gasteiger partial charge in [0.25, 0.3) is 5.91 Å². The summed E-state index contributed by atoms with van der Waals surface area (Å²) in [5.41, 5.74) is 6.83. The van der Waals surface area contributed by atoms with Crippen LogP contribution in [-0.4, -0.2) is 29.9 Å². The smallest absolute Gasteiger partial charge is 0.289 e. The lowest BCUT2D eigenvalue weighted by molar-refractivity contribution is 0.0504. The predicted molar refractivity (Wildman–Crippen MR) is 98.7 cm³/mol. The molecule has 0 saturated carbocycles. The lowest BCUT2D eigenvalue weighted by Crippen LogP contribution is -2.53. The standard InChI is InChI=1S/C18H21ClN2O2.ClH/c1-18(2)11-21(10-9-16(18)20)17(22)15-8-7-14(23-15)12-5-3-4-6-13(12)19;/h3-8,16H,9-11,20H2,1-2H3;1H. The maximum Gasteiger partial charge on any atom is 0.289 e. The molecule has 1 unspecified atom stereocenters. The van der Waals surface area contributed by atoms with Gasteiger partial charge in [-0.15, -0.1) is 12.4 Å². The van der Waals surface area contributed by atoms with E-state index < -0.39 is 0 Å². The number of likely N-dealkylation sites (tertiary alicyclic amines) is 1. The van der Waals surface area contributed by atoms with Crippen LogP contribution in [0.1, 0.15) is 30.8 Å². The van der Waals surface area contributed by atoms with Gasteiger partial charge in [0.15, 0.2) is 5.76 Å². The van der Waals surface area contributed by atoms with Crippen LogP contribution in [0.5, 0.6) is 0 Å². The molecule has 1 aromatic heterocycles. The molecule has 0 bridgehead atoms. The minimum atomic E-state index is -0.0942. The van der Waals surface area contributed by atoms with Gasteiger partial charge in [-0.25, -0.2) is 0 Å². The average molecular weight is 369 g/mol. The van der Waals surface area contributed by atoms with Crippen molar-refractivity contribution in [2.75, 3.05) is 13.1 Å². The molecule has 2 aromatic rings. The molecule has 3 rings (SSSR count). The van der Waals surface area contributed by atoms with Crippen molar-refractivity contribution in [1.82, 2.24) is 4.90 Å². The highest BCUT2D eigenvalue weighted by Crippen LogP contribution is 2.31. The fourth-order valence-electron chi connectivity index (χ4n) is 2.96. The Hall–Kier alpha value is -1.49. The number of furan rings is 1. The lowest BCUT2D eigenvalue weighted by Gasteiger charge is -2.42. The number of nitrogens with two attached hydrogens (primary N) is 1. The number of carbonyl (C=O) groups is 1. The number of hydrogen-bond acceptors (Lipinski definition) is 3. The molecule has 1 aromatic carbocycles. The predicted octanol–water partition coefficient (Wildman–Crippen LogP) is 4.22. The average Bonchev–Trinajstić information content (AvgIpc) is 2.99. The molecule has 2 heterocycles. The van der Waals surface area contributed by atoms with E-state index in [0.717, 1.165) is 12.0 Å². The molecule has 4 nitrogen and oxygen atoms in total. The summed E-state index contributed by atoms with van der Waals surface area (Å²) < 4.78 is 5.75. The molecule has 24 heavy (non-hydrogen) atoms. The Balaban J connectivity index is 0.00000208. The Kier molecular flexibility index (Phi) is 5.63. The summed E-state index contributed by atoms with van der Waals surface area (Å²) in [6, 6.07) is 11.0. The van der Waals surface area contributed by atoms with Gasteiger partial charge in [-0.3, -0.25) is 4.79 Å². The van der Waals surface area contributed by atoms with Crippen LogP contribution in [0.2, 0.25) is 5.02 Å². The second-order valence-corrected chi connectivity index (χ2v) is 7.16. The van der Waals surface area contributed by atoms with Gasteiger partial charge < -0.3 is 15.1 Å². The largest absolute Gasteiger partial charge is 0.451 e. The monoisotopic (exact) mass is 368 g/mol. The van der Waals surface area contributed by atoms with Gasteiger partial charge in [-0.05, 0) is 36.1 Å². The SMILES string of the molecule is CC1(C)CN(C(=O)c2ccc(-c3ccccc3Cl)o2)CCC1N.Cl. The summed E-state index contributed by atoms with van der Waals surface area (Å²) >= 11 is 6.18. The number of benzene rings is 1. The molecule has 1 fully saturated rings. The highest BCUT2D eigenvalue weighted by molar-refractivity contribution is 6.33. The van der Waals surface area contributed by atoms with Crippen molar-refractivity contribution in [1.29, 1.82) is 0 Å². The molecule has 1 atom stereocenters. The van der Waals surface area contributed by atoms with E-state index in [2.05, 4.69) is 13.8 Å². The molecule has 2 N–H and O–H groups in total. The van der Waals surface area contributed by atoms with Gasteiger partial charge >= 0.3 is 0 Å². The van der Waals surface area contributed by atoms with E-state index in [1.54, 1.807) is 18.2 Å². The van der Waals surface area contributed by atoms with E-state index in [0.29, 0.717) is 29.6 Å². The van der Waals surface area contributed by atoms with Crippen molar-refractivity contribution in [3.05, 3.63) is 47.2 Å². The lowest BCUT2D eigenvalue weighted by atomic mass is 9.79. The number of nitrogens with zero attached hydrogens (tertiary/aromatic N) is 1. The summed E-state index contributed by atoms with van der Waals surface area (Å²) in [7, 11) is 0. The van der Waals surface area contributed by atoms with E-state index in [1.165, 1.54) is 0 Å². The molecule has 1 aliphatic rings. The minimum absolute atomic E-state index is 0. The van der Waals surface area contributed by atoms with Gasteiger partial charge in [0.05, 0.1) is 5.02 Å². The third-order valence-electron chi connectivity index (χ3n) is 4.56. The van der Waals surface area contributed by atoms with Crippen LogP contribution in [0.4, 0.5) is 0 Å². The number of amides is 1. The number of rotatable bonds is 2. The Morgan fingerprint density at radius 1 is 1.29 bits per heavy atom. The number of hydrogen-bond donors (Lipinski definition) is 1. The van der Waals surface area contributed by atoms with Crippen LogP contribution >= 0.6 is 24.0 Å². The Labute approximate surface area is 153 Å². The molecule has 0 radical (unpaired) electrons. The zero-order valence-electron chi connectivity index (χ0n) is 13.8.